The van der Waals surface area contributed by atoms with Crippen LogP contribution in [0.15, 0.2) is 18.2 Å². The number of benzene rings is 1. The fraction of sp³-hybridized carbons (Fsp3) is 0.333. The number of methoxy groups -OCH3 is 1. The number of carboxylic acid groups (broad SMARTS) is 1. The van der Waals surface area contributed by atoms with E-state index in [-0.39, 0.29) is 12.5 Å². The number of carbonyl (C=O) groups is 2. The van der Waals surface area contributed by atoms with Gasteiger partial charge in [0.2, 0.25) is 0 Å². The number of aliphatic carboxylic acids is 1. The minimum absolute atomic E-state index is 0.0988. The Balaban J connectivity index is 2.65. The molecule has 0 radical (unpaired) electrons. The molecule has 4 N–H and O–H groups in total. The molecule has 6 heteroatoms. The predicted octanol–water partition coefficient (Wildman–Crippen LogP) is 0.407. The summed E-state index contributed by atoms with van der Waals surface area (Å²) >= 11 is 0. The zero-order chi connectivity index (χ0) is 13.7. The van der Waals surface area contributed by atoms with Gasteiger partial charge in [-0.15, -0.1) is 0 Å². The van der Waals surface area contributed by atoms with Crippen molar-refractivity contribution in [2.45, 2.75) is 13.0 Å². The SMILES string of the molecule is COC(CNC(=O)c1ccc(C)c(N)c1)C(=O)O. The van der Waals surface area contributed by atoms with Gasteiger partial charge in [0.25, 0.3) is 5.91 Å². The molecule has 6 nitrogen and oxygen atoms in total. The molecule has 0 saturated heterocycles. The second-order valence-corrected chi connectivity index (χ2v) is 3.84. The van der Waals surface area contributed by atoms with Crippen molar-refractivity contribution >= 4 is 17.6 Å². The van der Waals surface area contributed by atoms with Crippen LogP contribution in [-0.4, -0.2) is 36.7 Å². The molecule has 18 heavy (non-hydrogen) atoms. The lowest BCUT2D eigenvalue weighted by Gasteiger charge is -2.12. The van der Waals surface area contributed by atoms with Gasteiger partial charge in [-0.2, -0.15) is 0 Å². The maximum atomic E-state index is 11.7. The van der Waals surface area contributed by atoms with Gasteiger partial charge >= 0.3 is 5.97 Å². The van der Waals surface area contributed by atoms with Crippen LogP contribution in [0.25, 0.3) is 0 Å². The first kappa shape index (κ1) is 14.0. The van der Waals surface area contributed by atoms with Crippen molar-refractivity contribution in [3.8, 4) is 0 Å². The third kappa shape index (κ3) is 3.46. The van der Waals surface area contributed by atoms with Gasteiger partial charge in [0.05, 0.1) is 6.54 Å². The molecule has 1 aromatic rings. The molecule has 0 spiro atoms. The molecule has 0 fully saturated rings. The highest BCUT2D eigenvalue weighted by atomic mass is 16.5. The van der Waals surface area contributed by atoms with E-state index in [0.717, 1.165) is 5.56 Å². The number of hydrogen-bond acceptors (Lipinski definition) is 4. The number of hydrogen-bond donors (Lipinski definition) is 3. The largest absolute Gasteiger partial charge is 0.479 e. The van der Waals surface area contributed by atoms with Crippen LogP contribution in [0.4, 0.5) is 5.69 Å². The summed E-state index contributed by atoms with van der Waals surface area (Å²) in [6.07, 6.45) is -1.06. The van der Waals surface area contributed by atoms with Crippen LogP contribution in [0, 0.1) is 6.92 Å². The van der Waals surface area contributed by atoms with Crippen molar-refractivity contribution in [2.75, 3.05) is 19.4 Å². The first-order valence-corrected chi connectivity index (χ1v) is 5.35. The second-order valence-electron chi connectivity index (χ2n) is 3.84. The quantitative estimate of drug-likeness (QED) is 0.659. The number of aryl methyl sites for hydroxylation is 1. The van der Waals surface area contributed by atoms with Crippen molar-refractivity contribution in [1.29, 1.82) is 0 Å². The van der Waals surface area contributed by atoms with E-state index in [9.17, 15) is 9.59 Å². The number of ether oxygens (including phenoxy) is 1. The first-order valence-electron chi connectivity index (χ1n) is 5.35. The highest BCUT2D eigenvalue weighted by Gasteiger charge is 2.17. The number of carboxylic acids is 1. The average molecular weight is 252 g/mol. The Morgan fingerprint density at radius 1 is 1.50 bits per heavy atom. The lowest BCUT2D eigenvalue weighted by Crippen LogP contribution is -2.37. The number of carbonyl (C=O) groups excluding carboxylic acids is 1. The summed E-state index contributed by atoms with van der Waals surface area (Å²) in [7, 11) is 1.27. The molecule has 0 aliphatic heterocycles. The van der Waals surface area contributed by atoms with E-state index in [2.05, 4.69) is 5.32 Å². The van der Waals surface area contributed by atoms with E-state index in [1.165, 1.54) is 7.11 Å². The van der Waals surface area contributed by atoms with Gasteiger partial charge in [-0.25, -0.2) is 4.79 Å². The van der Waals surface area contributed by atoms with E-state index in [1.54, 1.807) is 18.2 Å². The topological polar surface area (TPSA) is 102 Å². The predicted molar refractivity (Wildman–Crippen MR) is 66.4 cm³/mol. The van der Waals surface area contributed by atoms with E-state index in [4.69, 9.17) is 15.6 Å². The average Bonchev–Trinajstić information content (AvgIpc) is 2.32. The monoisotopic (exact) mass is 252 g/mol. The second kappa shape index (κ2) is 6.02. The normalized spacial score (nSPS) is 11.9. The Morgan fingerprint density at radius 3 is 2.67 bits per heavy atom. The van der Waals surface area contributed by atoms with E-state index >= 15 is 0 Å². The summed E-state index contributed by atoms with van der Waals surface area (Å²) in [4.78, 5) is 22.4. The summed E-state index contributed by atoms with van der Waals surface area (Å²) in [5.74, 6) is -1.51. The Bertz CT molecular complexity index is 459. The van der Waals surface area contributed by atoms with Gasteiger partial charge in [-0.1, -0.05) is 6.07 Å². The Hall–Kier alpha value is -2.08. The van der Waals surface area contributed by atoms with Crippen LogP contribution in [0.5, 0.6) is 0 Å². The van der Waals surface area contributed by atoms with Gasteiger partial charge in [0.15, 0.2) is 6.10 Å². The maximum absolute atomic E-state index is 11.7. The minimum atomic E-state index is -1.12. The number of anilines is 1. The lowest BCUT2D eigenvalue weighted by molar-refractivity contribution is -0.148. The third-order valence-electron chi connectivity index (χ3n) is 2.55. The van der Waals surface area contributed by atoms with Crippen LogP contribution in [0.1, 0.15) is 15.9 Å². The molecule has 1 aromatic carbocycles. The Kier molecular flexibility index (Phi) is 4.67. The lowest BCUT2D eigenvalue weighted by atomic mass is 10.1. The van der Waals surface area contributed by atoms with Crippen LogP contribution in [-0.2, 0) is 9.53 Å². The van der Waals surface area contributed by atoms with Crippen molar-refractivity contribution in [3.63, 3.8) is 0 Å². The summed E-state index contributed by atoms with van der Waals surface area (Å²) < 4.78 is 4.70. The number of nitrogens with two attached hydrogens (primary N) is 1. The van der Waals surface area contributed by atoms with E-state index < -0.39 is 12.1 Å². The molecule has 0 heterocycles. The zero-order valence-electron chi connectivity index (χ0n) is 10.3. The standard InChI is InChI=1S/C12H16N2O4/c1-7-3-4-8(5-9(7)13)11(15)14-6-10(18-2)12(16)17/h3-5,10H,6,13H2,1-2H3,(H,14,15)(H,16,17). The van der Waals surface area contributed by atoms with Gasteiger partial charge in [-0.05, 0) is 24.6 Å². The Labute approximate surface area is 105 Å². The van der Waals surface area contributed by atoms with Gasteiger partial charge < -0.3 is 20.9 Å². The summed E-state index contributed by atoms with van der Waals surface area (Å²) in [5.41, 5.74) is 7.48. The molecule has 1 amide bonds. The molecule has 1 rings (SSSR count). The van der Waals surface area contributed by atoms with Crippen LogP contribution >= 0.6 is 0 Å². The number of nitrogen functional groups attached to an aromatic ring is 1. The highest BCUT2D eigenvalue weighted by Crippen LogP contribution is 2.12. The molecular formula is C12H16N2O4. The smallest absolute Gasteiger partial charge is 0.334 e. The molecular weight excluding hydrogens is 236 g/mol. The molecule has 98 valence electrons. The molecule has 0 aliphatic rings. The molecule has 0 bridgehead atoms. The summed E-state index contributed by atoms with van der Waals surface area (Å²) in [6, 6.07) is 4.91. The first-order chi connectivity index (χ1) is 8.45. The maximum Gasteiger partial charge on any atom is 0.334 e. The fourth-order valence-corrected chi connectivity index (χ4v) is 1.34. The zero-order valence-corrected chi connectivity index (χ0v) is 10.3. The fourth-order valence-electron chi connectivity index (χ4n) is 1.34. The van der Waals surface area contributed by atoms with Crippen LogP contribution < -0.4 is 11.1 Å². The van der Waals surface area contributed by atoms with Gasteiger partial charge in [0, 0.05) is 18.4 Å². The molecule has 1 unspecified atom stereocenters. The third-order valence-corrected chi connectivity index (χ3v) is 2.55. The van der Waals surface area contributed by atoms with E-state index in [0.29, 0.717) is 11.3 Å². The molecule has 0 aromatic heterocycles. The van der Waals surface area contributed by atoms with E-state index in [1.807, 2.05) is 6.92 Å². The van der Waals surface area contributed by atoms with Gasteiger partial charge in [-0.3, -0.25) is 4.79 Å². The minimum Gasteiger partial charge on any atom is -0.479 e. The van der Waals surface area contributed by atoms with Crippen LogP contribution in [0.3, 0.4) is 0 Å². The molecule has 0 aliphatic carbocycles. The number of amides is 1. The number of nitrogens with one attached hydrogen (secondary N) is 1. The van der Waals surface area contributed by atoms with Crippen molar-refractivity contribution in [1.82, 2.24) is 5.32 Å². The number of rotatable bonds is 5. The van der Waals surface area contributed by atoms with Gasteiger partial charge in [0.1, 0.15) is 0 Å². The molecule has 0 saturated carbocycles. The highest BCUT2D eigenvalue weighted by molar-refractivity contribution is 5.95. The van der Waals surface area contributed by atoms with Crippen molar-refractivity contribution in [3.05, 3.63) is 29.3 Å². The summed E-state index contributed by atoms with van der Waals surface area (Å²) in [6.45, 7) is 1.74. The van der Waals surface area contributed by atoms with Crippen molar-refractivity contribution < 1.29 is 19.4 Å². The summed E-state index contributed by atoms with van der Waals surface area (Å²) in [5, 5.41) is 11.2. The van der Waals surface area contributed by atoms with Crippen molar-refractivity contribution in [2.24, 2.45) is 0 Å². The Morgan fingerprint density at radius 2 is 2.17 bits per heavy atom. The molecule has 1 atom stereocenters. The van der Waals surface area contributed by atoms with Crippen LogP contribution in [0.2, 0.25) is 0 Å².